The quantitative estimate of drug-likeness (QED) is 0.270. The van der Waals surface area contributed by atoms with Crippen LogP contribution in [0.3, 0.4) is 0 Å². The summed E-state index contributed by atoms with van der Waals surface area (Å²) in [5.41, 5.74) is 1.34. The van der Waals surface area contributed by atoms with Gasteiger partial charge in [-0.05, 0) is 22.7 Å². The van der Waals surface area contributed by atoms with Crippen molar-refractivity contribution in [1.82, 2.24) is 4.90 Å². The number of alkyl halides is 3. The second kappa shape index (κ2) is 11.2. The number of fused-ring (bicyclic) bond motifs is 2. The highest BCUT2D eigenvalue weighted by molar-refractivity contribution is 6.78. The van der Waals surface area contributed by atoms with Crippen LogP contribution < -0.4 is 14.1 Å². The molecule has 1 atom stereocenters. The van der Waals surface area contributed by atoms with E-state index in [1.807, 2.05) is 0 Å². The molecule has 0 spiro atoms. The van der Waals surface area contributed by atoms with Crippen molar-refractivity contribution in [2.75, 3.05) is 31.7 Å². The maximum absolute atomic E-state index is 13.6. The predicted octanol–water partition coefficient (Wildman–Crippen LogP) is 6.36. The number of Topliss-reactive ketones (excluding diaryl/α,β-unsaturated/α-hetero) is 1. The van der Waals surface area contributed by atoms with Crippen LogP contribution in [0.4, 0.5) is 10.5 Å². The number of ketones is 1. The summed E-state index contributed by atoms with van der Waals surface area (Å²) in [6.45, 7) is 12.5. The normalized spacial score (nSPS) is 18.4. The zero-order valence-corrected chi connectivity index (χ0v) is 25.5. The van der Waals surface area contributed by atoms with Crippen LogP contribution in [0.2, 0.25) is 16.6 Å². The van der Waals surface area contributed by atoms with Crippen LogP contribution in [0.1, 0.15) is 58.3 Å². The zero-order chi connectivity index (χ0) is 27.9. The molecule has 8 nitrogen and oxygen atoms in total. The number of rotatable bonds is 7. The van der Waals surface area contributed by atoms with Crippen LogP contribution in [0.15, 0.2) is 12.1 Å². The summed E-state index contributed by atoms with van der Waals surface area (Å²) in [6, 6.07) is 2.74. The monoisotopic (exact) mass is 592 g/mol. The summed E-state index contributed by atoms with van der Waals surface area (Å²) in [7, 11) is -0.911. The van der Waals surface area contributed by atoms with Gasteiger partial charge in [-0.3, -0.25) is 14.5 Å². The molecule has 0 saturated carbocycles. The minimum atomic E-state index is -2.42. The van der Waals surface area contributed by atoms with Crippen molar-refractivity contribution < 1.29 is 28.3 Å². The van der Waals surface area contributed by atoms with Crippen LogP contribution in [0.25, 0.3) is 0 Å². The number of methoxy groups -OCH3 is 1. The van der Waals surface area contributed by atoms with Crippen LogP contribution in [-0.2, 0) is 9.53 Å². The number of hydrogen-bond donors (Lipinski definition) is 0. The number of amides is 2. The third-order valence-corrected chi connectivity index (χ3v) is 13.6. The smallest absolute Gasteiger partial charge is 0.414 e. The third kappa shape index (κ3) is 6.00. The Kier molecular flexibility index (Phi) is 9.04. The zero-order valence-electron chi connectivity index (χ0n) is 22.3. The van der Waals surface area contributed by atoms with Crippen molar-refractivity contribution in [3.8, 4) is 11.5 Å². The van der Waals surface area contributed by atoms with Gasteiger partial charge < -0.3 is 18.8 Å². The fraction of sp³-hybridized carbons (Fsp3) is 0.640. The molecule has 2 aliphatic heterocycles. The Morgan fingerprint density at radius 2 is 1.65 bits per heavy atom. The highest BCUT2D eigenvalue weighted by atomic mass is 35.6. The maximum Gasteiger partial charge on any atom is 0.414 e. The summed E-state index contributed by atoms with van der Waals surface area (Å²) in [6.07, 6.45) is -0.656. The Labute approximate surface area is 234 Å². The van der Waals surface area contributed by atoms with Gasteiger partial charge in [0.15, 0.2) is 11.5 Å². The topological polar surface area (TPSA) is 85.4 Å². The van der Waals surface area contributed by atoms with Crippen LogP contribution >= 0.6 is 34.8 Å². The van der Waals surface area contributed by atoms with E-state index in [1.165, 1.54) is 16.9 Å². The average molecular weight is 594 g/mol. The van der Waals surface area contributed by atoms with Gasteiger partial charge in [-0.2, -0.15) is 0 Å². The van der Waals surface area contributed by atoms with Gasteiger partial charge in [0.1, 0.15) is 12.4 Å². The summed E-state index contributed by atoms with van der Waals surface area (Å²) in [4.78, 5) is 41.9. The first kappa shape index (κ1) is 29.9. The van der Waals surface area contributed by atoms with Crippen molar-refractivity contribution in [3.63, 3.8) is 0 Å². The van der Waals surface area contributed by atoms with E-state index in [9.17, 15) is 14.4 Å². The Hall–Kier alpha value is -1.68. The summed E-state index contributed by atoms with van der Waals surface area (Å²) in [5.74, 6) is 0.385. The molecule has 37 heavy (non-hydrogen) atoms. The summed E-state index contributed by atoms with van der Waals surface area (Å²) < 4.78 is 16.1. The molecule has 0 aliphatic carbocycles. The molecule has 0 N–H and O–H groups in total. The molecule has 2 amide bonds. The lowest BCUT2D eigenvalue weighted by atomic mass is 10.1. The fourth-order valence-electron chi connectivity index (χ4n) is 5.74. The van der Waals surface area contributed by atoms with Crippen molar-refractivity contribution >= 4 is 66.6 Å². The number of hydrogen-bond acceptors (Lipinski definition) is 6. The summed E-state index contributed by atoms with van der Waals surface area (Å²) >= 11 is 17.4. The van der Waals surface area contributed by atoms with E-state index < -0.39 is 30.9 Å². The number of anilines is 1. The highest BCUT2D eigenvalue weighted by Crippen LogP contribution is 2.47. The van der Waals surface area contributed by atoms with Crippen molar-refractivity contribution in [1.29, 1.82) is 0 Å². The standard InChI is InChI=1S/C25H35Cl3N2O6Si/c1-14(2)37(15(3)4,16(5)6)36-22-10-20-19(9-21(22)34-7)23(32)29-12-18(31)8-17(29)11-30(20)24(33)35-13-25(26,27)28/h9-10,14-17H,8,11-13H2,1-7H3/t17-/m0/s1. The molecule has 2 aliphatic rings. The van der Waals surface area contributed by atoms with Gasteiger partial charge in [-0.25, -0.2) is 4.79 Å². The third-order valence-electron chi connectivity index (χ3n) is 7.28. The Bertz CT molecular complexity index is 1040. The van der Waals surface area contributed by atoms with E-state index in [2.05, 4.69) is 41.5 Å². The largest absolute Gasteiger partial charge is 0.540 e. The molecule has 0 radical (unpaired) electrons. The molecule has 2 heterocycles. The number of halogens is 3. The van der Waals surface area contributed by atoms with Crippen molar-refractivity contribution in [2.45, 2.75) is 74.4 Å². The number of carbonyl (C=O) groups is 3. The maximum atomic E-state index is 13.6. The minimum Gasteiger partial charge on any atom is -0.540 e. The van der Waals surface area contributed by atoms with E-state index >= 15 is 0 Å². The lowest BCUT2D eigenvalue weighted by molar-refractivity contribution is -0.116. The molecule has 1 fully saturated rings. The minimum absolute atomic E-state index is 0.0232. The predicted molar refractivity (Wildman–Crippen MR) is 148 cm³/mol. The lowest BCUT2D eigenvalue weighted by Gasteiger charge is -2.42. The second-order valence-corrected chi connectivity index (χ2v) is 18.4. The Balaban J connectivity index is 2.17. The van der Waals surface area contributed by atoms with Gasteiger partial charge in [-0.1, -0.05) is 76.3 Å². The highest BCUT2D eigenvalue weighted by Gasteiger charge is 2.48. The van der Waals surface area contributed by atoms with Crippen molar-refractivity contribution in [2.24, 2.45) is 0 Å². The molecule has 3 rings (SSSR count). The second-order valence-electron chi connectivity index (χ2n) is 10.5. The van der Waals surface area contributed by atoms with Crippen LogP contribution in [0.5, 0.6) is 11.5 Å². The van der Waals surface area contributed by atoms with Gasteiger partial charge in [0.2, 0.25) is 3.79 Å². The van der Waals surface area contributed by atoms with E-state index in [0.717, 1.165) is 0 Å². The van der Waals surface area contributed by atoms with Gasteiger partial charge in [-0.15, -0.1) is 0 Å². The molecule has 1 aromatic rings. The van der Waals surface area contributed by atoms with Gasteiger partial charge in [0, 0.05) is 12.5 Å². The number of carbonyl (C=O) groups excluding carboxylic acids is 3. The molecule has 0 bridgehead atoms. The average Bonchev–Trinajstić information content (AvgIpc) is 3.12. The van der Waals surface area contributed by atoms with Gasteiger partial charge in [0.05, 0.1) is 37.5 Å². The molecular formula is C25H35Cl3N2O6Si. The van der Waals surface area contributed by atoms with E-state index in [-0.39, 0.29) is 53.4 Å². The molecule has 0 aromatic heterocycles. The van der Waals surface area contributed by atoms with E-state index in [4.69, 9.17) is 48.7 Å². The van der Waals surface area contributed by atoms with E-state index in [0.29, 0.717) is 17.2 Å². The van der Waals surface area contributed by atoms with E-state index in [1.54, 1.807) is 12.1 Å². The van der Waals surface area contributed by atoms with Crippen LogP contribution in [0, 0.1) is 0 Å². The first-order chi connectivity index (χ1) is 17.1. The number of nitrogens with zero attached hydrogens (tertiary/aromatic N) is 2. The number of ether oxygens (including phenoxy) is 2. The molecule has 206 valence electrons. The first-order valence-electron chi connectivity index (χ1n) is 12.4. The van der Waals surface area contributed by atoms with Crippen molar-refractivity contribution in [3.05, 3.63) is 17.7 Å². The molecule has 12 heteroatoms. The summed E-state index contributed by atoms with van der Waals surface area (Å²) in [5, 5.41) is 0. The SMILES string of the molecule is COc1cc2c(cc1O[Si](C(C)C)(C(C)C)C(C)C)N(C(=O)OCC(Cl)(Cl)Cl)C[C@@H]1CC(=O)CN1C2=O. The fourth-order valence-corrected chi connectivity index (χ4v) is 11.2. The molecule has 0 unspecified atom stereocenters. The van der Waals surface area contributed by atoms with Gasteiger partial charge in [0.25, 0.3) is 14.2 Å². The lowest BCUT2D eigenvalue weighted by Crippen LogP contribution is -2.50. The number of benzene rings is 1. The first-order valence-corrected chi connectivity index (χ1v) is 15.6. The van der Waals surface area contributed by atoms with Crippen LogP contribution in [-0.4, -0.2) is 67.6 Å². The molecular weight excluding hydrogens is 559 g/mol. The molecule has 1 saturated heterocycles. The van der Waals surface area contributed by atoms with Gasteiger partial charge >= 0.3 is 6.09 Å². The Morgan fingerprint density at radius 1 is 1.05 bits per heavy atom. The molecule has 1 aromatic carbocycles. The Morgan fingerprint density at radius 3 is 2.16 bits per heavy atom.